The number of benzene rings is 3. The Hall–Kier alpha value is -2.60. The number of para-hydroxylation sites is 2. The van der Waals surface area contributed by atoms with Gasteiger partial charge < -0.3 is 14.6 Å². The van der Waals surface area contributed by atoms with Crippen molar-refractivity contribution in [1.29, 1.82) is 0 Å². The maximum Gasteiger partial charge on any atom is 0.141 e. The van der Waals surface area contributed by atoms with Gasteiger partial charge in [0, 0.05) is 18.0 Å². The molecule has 1 aliphatic heterocycles. The van der Waals surface area contributed by atoms with E-state index in [2.05, 4.69) is 77.8 Å². The van der Waals surface area contributed by atoms with Crippen LogP contribution in [0.1, 0.15) is 30.3 Å². The molecule has 3 aromatic carbocycles. The van der Waals surface area contributed by atoms with Crippen LogP contribution in [0, 0.1) is 0 Å². The molecular weight excluding hydrogens is 414 g/mol. The van der Waals surface area contributed by atoms with E-state index in [1.165, 1.54) is 16.0 Å². The number of rotatable bonds is 6. The van der Waals surface area contributed by atoms with E-state index in [1.54, 1.807) is 11.8 Å². The average molecular weight is 444 g/mol. The van der Waals surface area contributed by atoms with Gasteiger partial charge >= 0.3 is 0 Å². The van der Waals surface area contributed by atoms with Gasteiger partial charge in [-0.15, -0.1) is 11.8 Å². The molecule has 1 fully saturated rings. The SMILES string of the molecule is CSc1ccccc1-c1cccc(C(OC2CCN(C)CC2)c2nc3ccccc3[nH]2)c1. The molecule has 0 spiro atoms. The number of imidazole rings is 1. The van der Waals surface area contributed by atoms with Crippen LogP contribution in [-0.4, -0.2) is 47.4 Å². The molecule has 5 heteroatoms. The van der Waals surface area contributed by atoms with Gasteiger partial charge in [-0.25, -0.2) is 4.98 Å². The summed E-state index contributed by atoms with van der Waals surface area (Å²) in [6.45, 7) is 2.14. The maximum absolute atomic E-state index is 6.76. The Morgan fingerprint density at radius 1 is 1.00 bits per heavy atom. The summed E-state index contributed by atoms with van der Waals surface area (Å²) < 4.78 is 6.76. The molecule has 164 valence electrons. The molecule has 4 nitrogen and oxygen atoms in total. The average Bonchev–Trinajstić information content (AvgIpc) is 3.27. The third-order valence-electron chi connectivity index (χ3n) is 6.26. The van der Waals surface area contributed by atoms with E-state index < -0.39 is 0 Å². The number of H-pyrrole nitrogens is 1. The van der Waals surface area contributed by atoms with Crippen molar-refractivity contribution >= 4 is 22.8 Å². The Morgan fingerprint density at radius 2 is 1.78 bits per heavy atom. The van der Waals surface area contributed by atoms with Crippen LogP contribution < -0.4 is 0 Å². The second-order valence-corrected chi connectivity index (χ2v) is 9.33. The lowest BCUT2D eigenvalue weighted by molar-refractivity contribution is -0.0264. The van der Waals surface area contributed by atoms with Crippen molar-refractivity contribution in [3.8, 4) is 11.1 Å². The zero-order valence-electron chi connectivity index (χ0n) is 18.6. The molecule has 32 heavy (non-hydrogen) atoms. The number of aromatic amines is 1. The number of hydrogen-bond donors (Lipinski definition) is 1. The molecule has 0 amide bonds. The highest BCUT2D eigenvalue weighted by Gasteiger charge is 2.26. The van der Waals surface area contributed by atoms with E-state index in [9.17, 15) is 0 Å². The summed E-state index contributed by atoms with van der Waals surface area (Å²) in [5, 5.41) is 0. The molecule has 0 aliphatic carbocycles. The molecule has 4 aromatic rings. The highest BCUT2D eigenvalue weighted by molar-refractivity contribution is 7.98. The van der Waals surface area contributed by atoms with Crippen LogP contribution in [-0.2, 0) is 4.74 Å². The first-order valence-corrected chi connectivity index (χ1v) is 12.5. The minimum atomic E-state index is -0.225. The van der Waals surface area contributed by atoms with Crippen molar-refractivity contribution in [2.24, 2.45) is 0 Å². The van der Waals surface area contributed by atoms with Gasteiger partial charge in [0.2, 0.25) is 0 Å². The van der Waals surface area contributed by atoms with Crippen molar-refractivity contribution in [3.05, 3.63) is 84.2 Å². The summed E-state index contributed by atoms with van der Waals surface area (Å²) in [6.07, 6.45) is 4.22. The van der Waals surface area contributed by atoms with E-state index >= 15 is 0 Å². The standard InChI is InChI=1S/C27H29N3OS/c1-30-16-14-21(15-17-30)31-26(27-28-23-11-4-5-12-24(23)29-27)20-9-7-8-19(18-20)22-10-3-6-13-25(22)32-2/h3-13,18,21,26H,14-17H2,1-2H3,(H,28,29). The van der Waals surface area contributed by atoms with E-state index in [0.29, 0.717) is 0 Å². The van der Waals surface area contributed by atoms with Crippen LogP contribution in [0.2, 0.25) is 0 Å². The van der Waals surface area contributed by atoms with Crippen molar-refractivity contribution in [2.45, 2.75) is 29.9 Å². The molecule has 0 saturated carbocycles. The van der Waals surface area contributed by atoms with Crippen molar-refractivity contribution in [1.82, 2.24) is 14.9 Å². The fourth-order valence-electron chi connectivity index (χ4n) is 4.46. The van der Waals surface area contributed by atoms with Crippen LogP contribution in [0.5, 0.6) is 0 Å². The monoisotopic (exact) mass is 443 g/mol. The summed E-state index contributed by atoms with van der Waals surface area (Å²) in [7, 11) is 2.18. The Labute approximate surface area is 194 Å². The van der Waals surface area contributed by atoms with Crippen molar-refractivity contribution in [3.63, 3.8) is 0 Å². The smallest absolute Gasteiger partial charge is 0.141 e. The highest BCUT2D eigenvalue weighted by Crippen LogP contribution is 2.35. The minimum Gasteiger partial charge on any atom is -0.362 e. The van der Waals surface area contributed by atoms with Gasteiger partial charge in [0.15, 0.2) is 0 Å². The fraction of sp³-hybridized carbons (Fsp3) is 0.296. The normalized spacial score (nSPS) is 16.4. The summed E-state index contributed by atoms with van der Waals surface area (Å²) in [6, 6.07) is 25.5. The number of nitrogens with one attached hydrogen (secondary N) is 1. The molecule has 1 atom stereocenters. The molecule has 0 radical (unpaired) electrons. The number of thioether (sulfide) groups is 1. The quantitative estimate of drug-likeness (QED) is 0.363. The summed E-state index contributed by atoms with van der Waals surface area (Å²) in [4.78, 5) is 12.1. The third-order valence-corrected chi connectivity index (χ3v) is 7.05. The highest BCUT2D eigenvalue weighted by atomic mass is 32.2. The summed E-state index contributed by atoms with van der Waals surface area (Å²) in [5.74, 6) is 0.875. The van der Waals surface area contributed by atoms with Crippen molar-refractivity contribution < 1.29 is 4.74 Å². The van der Waals surface area contributed by atoms with E-state index in [0.717, 1.165) is 48.4 Å². The number of aromatic nitrogens is 2. The molecular formula is C27H29N3OS. The second kappa shape index (κ2) is 9.49. The Balaban J connectivity index is 1.54. The van der Waals surface area contributed by atoms with E-state index in [4.69, 9.17) is 9.72 Å². The van der Waals surface area contributed by atoms with Gasteiger partial charge in [0.25, 0.3) is 0 Å². The van der Waals surface area contributed by atoms with Crippen molar-refractivity contribution in [2.75, 3.05) is 26.4 Å². The predicted octanol–water partition coefficient (Wildman–Crippen LogP) is 6.15. The largest absolute Gasteiger partial charge is 0.362 e. The molecule has 1 aliphatic rings. The van der Waals surface area contributed by atoms with E-state index in [-0.39, 0.29) is 12.2 Å². The van der Waals surface area contributed by atoms with Gasteiger partial charge in [-0.05, 0) is 67.1 Å². The van der Waals surface area contributed by atoms with Crippen LogP contribution in [0.3, 0.4) is 0 Å². The molecule has 0 bridgehead atoms. The van der Waals surface area contributed by atoms with Gasteiger partial charge in [0.05, 0.1) is 17.1 Å². The zero-order valence-corrected chi connectivity index (χ0v) is 19.4. The number of piperidine rings is 1. The molecule has 1 saturated heterocycles. The number of hydrogen-bond acceptors (Lipinski definition) is 4. The van der Waals surface area contributed by atoms with Gasteiger partial charge in [-0.1, -0.05) is 48.5 Å². The first-order chi connectivity index (χ1) is 15.7. The topological polar surface area (TPSA) is 41.1 Å². The molecule has 1 aromatic heterocycles. The second-order valence-electron chi connectivity index (χ2n) is 8.48. The number of likely N-dealkylation sites (tertiary alicyclic amines) is 1. The zero-order chi connectivity index (χ0) is 21.9. The molecule has 1 N–H and O–H groups in total. The fourth-order valence-corrected chi connectivity index (χ4v) is 5.08. The number of nitrogens with zero attached hydrogens (tertiary/aromatic N) is 2. The Kier molecular flexibility index (Phi) is 6.30. The molecule has 2 heterocycles. The van der Waals surface area contributed by atoms with Gasteiger partial charge in [0.1, 0.15) is 11.9 Å². The molecule has 1 unspecified atom stereocenters. The van der Waals surface area contributed by atoms with Crippen LogP contribution in [0.4, 0.5) is 0 Å². The van der Waals surface area contributed by atoms with Gasteiger partial charge in [-0.2, -0.15) is 0 Å². The van der Waals surface area contributed by atoms with E-state index in [1.807, 2.05) is 18.2 Å². The van der Waals surface area contributed by atoms with Gasteiger partial charge in [-0.3, -0.25) is 0 Å². The van der Waals surface area contributed by atoms with Crippen LogP contribution in [0.15, 0.2) is 77.7 Å². The molecule has 5 rings (SSSR count). The summed E-state index contributed by atoms with van der Waals surface area (Å²) in [5.41, 5.74) is 5.62. The first-order valence-electron chi connectivity index (χ1n) is 11.2. The Morgan fingerprint density at radius 3 is 2.59 bits per heavy atom. The lowest BCUT2D eigenvalue weighted by Gasteiger charge is -2.31. The third kappa shape index (κ3) is 4.46. The Bertz CT molecular complexity index is 1160. The first kappa shape index (κ1) is 21.3. The summed E-state index contributed by atoms with van der Waals surface area (Å²) >= 11 is 1.78. The minimum absolute atomic E-state index is 0.225. The maximum atomic E-state index is 6.76. The number of ether oxygens (including phenoxy) is 1. The van der Waals surface area contributed by atoms with Crippen LogP contribution >= 0.6 is 11.8 Å². The lowest BCUT2D eigenvalue weighted by Crippen LogP contribution is -2.35. The number of fused-ring (bicyclic) bond motifs is 1. The lowest BCUT2D eigenvalue weighted by atomic mass is 9.99. The predicted molar refractivity (Wildman–Crippen MR) is 133 cm³/mol. The van der Waals surface area contributed by atoms with Crippen LogP contribution in [0.25, 0.3) is 22.2 Å².